The molecule has 1 aromatic rings. The summed E-state index contributed by atoms with van der Waals surface area (Å²) in [7, 11) is 0. The van der Waals surface area contributed by atoms with Crippen molar-refractivity contribution in [2.45, 2.75) is 32.8 Å². The van der Waals surface area contributed by atoms with Gasteiger partial charge < -0.3 is 4.52 Å². The van der Waals surface area contributed by atoms with Crippen molar-refractivity contribution in [1.29, 1.82) is 0 Å². The van der Waals surface area contributed by atoms with Crippen molar-refractivity contribution >= 4 is 0 Å². The Labute approximate surface area is 71.6 Å². The van der Waals surface area contributed by atoms with Gasteiger partial charge in [-0.3, -0.25) is 4.84 Å². The fraction of sp³-hybridized carbons (Fsp3) is 0.625. The molecule has 0 saturated carbocycles. The Bertz CT molecular complexity index is 223. The molecule has 1 heterocycles. The Morgan fingerprint density at radius 2 is 2.50 bits per heavy atom. The molecular weight excluding hydrogens is 156 g/mol. The lowest BCUT2D eigenvalue weighted by molar-refractivity contribution is 0.103. The van der Waals surface area contributed by atoms with Crippen molar-refractivity contribution in [2.24, 2.45) is 5.90 Å². The van der Waals surface area contributed by atoms with Crippen LogP contribution in [0.3, 0.4) is 0 Å². The third-order valence-corrected chi connectivity index (χ3v) is 1.62. The minimum Gasteiger partial charge on any atom is -0.359 e. The number of aryl methyl sites for hydroxylation is 1. The highest BCUT2D eigenvalue weighted by Gasteiger charge is 2.02. The van der Waals surface area contributed by atoms with Crippen LogP contribution in [-0.4, -0.2) is 5.16 Å². The van der Waals surface area contributed by atoms with Crippen molar-refractivity contribution in [1.82, 2.24) is 5.16 Å². The van der Waals surface area contributed by atoms with Gasteiger partial charge in [-0.05, 0) is 12.8 Å². The van der Waals surface area contributed by atoms with Gasteiger partial charge in [0.15, 0.2) is 5.76 Å². The van der Waals surface area contributed by atoms with Crippen LogP contribution in [0.5, 0.6) is 0 Å². The number of aromatic nitrogens is 1. The molecule has 0 amide bonds. The lowest BCUT2D eigenvalue weighted by Gasteiger charge is -1.89. The SMILES string of the molecule is CCCCc1cc(CON)on1. The molecule has 0 spiro atoms. The molecule has 1 rings (SSSR count). The van der Waals surface area contributed by atoms with E-state index in [2.05, 4.69) is 16.9 Å². The van der Waals surface area contributed by atoms with Crippen LogP contribution in [0.2, 0.25) is 0 Å². The van der Waals surface area contributed by atoms with E-state index in [-0.39, 0.29) is 0 Å². The summed E-state index contributed by atoms with van der Waals surface area (Å²) in [6.07, 6.45) is 3.26. The van der Waals surface area contributed by atoms with Crippen LogP contribution >= 0.6 is 0 Å². The molecule has 0 radical (unpaired) electrons. The average molecular weight is 170 g/mol. The third-order valence-electron chi connectivity index (χ3n) is 1.62. The first-order chi connectivity index (χ1) is 5.86. The normalized spacial score (nSPS) is 10.5. The first-order valence-electron chi connectivity index (χ1n) is 4.13. The fourth-order valence-electron chi connectivity index (χ4n) is 0.982. The molecule has 0 aliphatic heterocycles. The smallest absolute Gasteiger partial charge is 0.164 e. The number of hydrogen-bond donors (Lipinski definition) is 1. The van der Waals surface area contributed by atoms with E-state index in [4.69, 9.17) is 10.4 Å². The van der Waals surface area contributed by atoms with Gasteiger partial charge in [-0.15, -0.1) is 0 Å². The third kappa shape index (κ3) is 2.64. The van der Waals surface area contributed by atoms with Crippen LogP contribution in [-0.2, 0) is 17.9 Å². The Morgan fingerprint density at radius 3 is 3.17 bits per heavy atom. The van der Waals surface area contributed by atoms with Gasteiger partial charge >= 0.3 is 0 Å². The molecule has 0 aliphatic rings. The first kappa shape index (κ1) is 9.22. The molecule has 1 aromatic heterocycles. The standard InChI is InChI=1S/C8H14N2O2/c1-2-3-4-7-5-8(6-11-9)12-10-7/h5H,2-4,6,9H2,1H3. The minimum absolute atomic E-state index is 0.291. The summed E-state index contributed by atoms with van der Waals surface area (Å²) >= 11 is 0. The van der Waals surface area contributed by atoms with Crippen LogP contribution in [0.15, 0.2) is 10.6 Å². The van der Waals surface area contributed by atoms with E-state index in [0.29, 0.717) is 12.4 Å². The molecular formula is C8H14N2O2. The van der Waals surface area contributed by atoms with E-state index in [1.807, 2.05) is 6.07 Å². The van der Waals surface area contributed by atoms with Crippen LogP contribution in [0, 0.1) is 0 Å². The van der Waals surface area contributed by atoms with Crippen LogP contribution in [0.25, 0.3) is 0 Å². The lowest BCUT2D eigenvalue weighted by atomic mass is 10.2. The largest absolute Gasteiger partial charge is 0.359 e. The summed E-state index contributed by atoms with van der Waals surface area (Å²) in [6, 6.07) is 1.88. The first-order valence-corrected chi connectivity index (χ1v) is 4.13. The monoisotopic (exact) mass is 170 g/mol. The summed E-state index contributed by atoms with van der Waals surface area (Å²) in [4.78, 5) is 4.41. The van der Waals surface area contributed by atoms with Gasteiger partial charge in [0.25, 0.3) is 0 Å². The maximum Gasteiger partial charge on any atom is 0.164 e. The van der Waals surface area contributed by atoms with Gasteiger partial charge in [-0.1, -0.05) is 18.5 Å². The van der Waals surface area contributed by atoms with E-state index in [0.717, 1.165) is 25.0 Å². The van der Waals surface area contributed by atoms with Crippen molar-refractivity contribution in [2.75, 3.05) is 0 Å². The summed E-state index contributed by atoms with van der Waals surface area (Å²) in [5, 5.41) is 3.86. The second kappa shape index (κ2) is 4.90. The van der Waals surface area contributed by atoms with E-state index in [1.165, 1.54) is 0 Å². The zero-order valence-corrected chi connectivity index (χ0v) is 7.25. The fourth-order valence-corrected chi connectivity index (χ4v) is 0.982. The Hall–Kier alpha value is -0.870. The van der Waals surface area contributed by atoms with Crippen LogP contribution < -0.4 is 5.90 Å². The molecule has 0 aliphatic carbocycles. The molecule has 4 nitrogen and oxygen atoms in total. The minimum atomic E-state index is 0.291. The zero-order valence-electron chi connectivity index (χ0n) is 7.25. The zero-order chi connectivity index (χ0) is 8.81. The van der Waals surface area contributed by atoms with E-state index in [9.17, 15) is 0 Å². The Balaban J connectivity index is 2.41. The maximum atomic E-state index is 4.95. The van der Waals surface area contributed by atoms with Gasteiger partial charge in [-0.25, -0.2) is 5.90 Å². The summed E-state index contributed by atoms with van der Waals surface area (Å²) in [5.41, 5.74) is 0.976. The highest BCUT2D eigenvalue weighted by molar-refractivity contribution is 5.04. The Morgan fingerprint density at radius 1 is 1.67 bits per heavy atom. The number of hydrogen-bond acceptors (Lipinski definition) is 4. The predicted molar refractivity (Wildman–Crippen MR) is 44.1 cm³/mol. The maximum absolute atomic E-state index is 4.95. The second-order valence-electron chi connectivity index (χ2n) is 2.70. The lowest BCUT2D eigenvalue weighted by Crippen LogP contribution is -1.97. The van der Waals surface area contributed by atoms with E-state index >= 15 is 0 Å². The van der Waals surface area contributed by atoms with Gasteiger partial charge in [0.2, 0.25) is 0 Å². The van der Waals surface area contributed by atoms with Gasteiger partial charge in [0, 0.05) is 6.07 Å². The number of unbranched alkanes of at least 4 members (excludes halogenated alkanes) is 1. The molecule has 12 heavy (non-hydrogen) atoms. The topological polar surface area (TPSA) is 61.3 Å². The molecule has 4 heteroatoms. The molecule has 0 saturated heterocycles. The number of rotatable bonds is 5. The summed E-state index contributed by atoms with van der Waals surface area (Å²) < 4.78 is 4.95. The van der Waals surface area contributed by atoms with Crippen LogP contribution in [0.4, 0.5) is 0 Å². The molecule has 0 aromatic carbocycles. The van der Waals surface area contributed by atoms with Crippen LogP contribution in [0.1, 0.15) is 31.2 Å². The quantitative estimate of drug-likeness (QED) is 0.678. The molecule has 0 atom stereocenters. The van der Waals surface area contributed by atoms with Crippen molar-refractivity contribution in [3.63, 3.8) is 0 Å². The van der Waals surface area contributed by atoms with Gasteiger partial charge in [-0.2, -0.15) is 0 Å². The van der Waals surface area contributed by atoms with Gasteiger partial charge in [0.1, 0.15) is 6.61 Å². The average Bonchev–Trinajstić information content (AvgIpc) is 2.50. The van der Waals surface area contributed by atoms with E-state index < -0.39 is 0 Å². The highest BCUT2D eigenvalue weighted by atomic mass is 16.6. The van der Waals surface area contributed by atoms with Gasteiger partial charge in [0.05, 0.1) is 5.69 Å². The summed E-state index contributed by atoms with van der Waals surface area (Å²) in [5.74, 6) is 5.57. The van der Waals surface area contributed by atoms with E-state index in [1.54, 1.807) is 0 Å². The number of nitrogens with two attached hydrogens (primary N) is 1. The highest BCUT2D eigenvalue weighted by Crippen LogP contribution is 2.07. The number of nitrogens with zero attached hydrogens (tertiary/aromatic N) is 1. The Kier molecular flexibility index (Phi) is 3.76. The molecule has 0 unspecified atom stereocenters. The predicted octanol–water partition coefficient (Wildman–Crippen LogP) is 1.41. The molecule has 0 bridgehead atoms. The molecule has 68 valence electrons. The second-order valence-corrected chi connectivity index (χ2v) is 2.70. The van der Waals surface area contributed by atoms with Crippen molar-refractivity contribution < 1.29 is 9.36 Å². The summed E-state index contributed by atoms with van der Waals surface area (Å²) in [6.45, 7) is 2.43. The van der Waals surface area contributed by atoms with Crippen molar-refractivity contribution in [3.8, 4) is 0 Å². The van der Waals surface area contributed by atoms with Crippen molar-refractivity contribution in [3.05, 3.63) is 17.5 Å². The molecule has 0 fully saturated rings. The molecule has 2 N–H and O–H groups in total.